The maximum Gasteiger partial charge on any atom is 0.446 e. The van der Waals surface area contributed by atoms with E-state index in [9.17, 15) is 22.8 Å². The molecule has 0 spiro atoms. The molecule has 1 aliphatic heterocycles. The van der Waals surface area contributed by atoms with E-state index in [1.54, 1.807) is 26.1 Å². The number of rotatable bonds is 7. The Morgan fingerprint density at radius 1 is 1.16 bits per heavy atom. The summed E-state index contributed by atoms with van der Waals surface area (Å²) in [5, 5.41) is 3.29. The van der Waals surface area contributed by atoms with Crippen LogP contribution in [0, 0.1) is 5.92 Å². The third-order valence-corrected chi connectivity index (χ3v) is 6.33. The molecule has 1 aliphatic carbocycles. The first-order valence-electron chi connectivity index (χ1n) is 10.3. The zero-order chi connectivity index (χ0) is 23.1. The molecule has 1 saturated heterocycles. The number of hydrogen-bond donors (Lipinski definition) is 1. The van der Waals surface area contributed by atoms with E-state index in [1.807, 2.05) is 6.07 Å². The summed E-state index contributed by atoms with van der Waals surface area (Å²) in [4.78, 5) is 33.0. The van der Waals surface area contributed by atoms with Gasteiger partial charge in [-0.2, -0.15) is 13.2 Å². The third kappa shape index (κ3) is 4.85. The zero-order valence-corrected chi connectivity index (χ0v) is 18.5. The van der Waals surface area contributed by atoms with Crippen LogP contribution in [0.25, 0.3) is 0 Å². The zero-order valence-electron chi connectivity index (χ0n) is 17.6. The molecule has 2 heterocycles. The van der Waals surface area contributed by atoms with Crippen LogP contribution in [0.2, 0.25) is 0 Å². The smallest absolute Gasteiger partial charge is 0.370 e. The number of alkyl halides is 3. The number of hydrogen-bond acceptors (Lipinski definition) is 5. The van der Waals surface area contributed by atoms with Gasteiger partial charge in [0.1, 0.15) is 11.4 Å². The summed E-state index contributed by atoms with van der Waals surface area (Å²) >= 11 is -0.244. The van der Waals surface area contributed by atoms with Gasteiger partial charge in [0, 0.05) is 24.2 Å². The lowest BCUT2D eigenvalue weighted by Gasteiger charge is -2.27. The highest BCUT2D eigenvalue weighted by molar-refractivity contribution is 8.00. The molecule has 3 amide bonds. The van der Waals surface area contributed by atoms with Gasteiger partial charge in [0.2, 0.25) is 0 Å². The minimum atomic E-state index is -4.41. The number of amides is 3. The summed E-state index contributed by atoms with van der Waals surface area (Å²) in [5.41, 5.74) is -4.45. The fourth-order valence-corrected chi connectivity index (χ4v) is 4.09. The lowest BCUT2D eigenvalue weighted by atomic mass is 10.0. The summed E-state index contributed by atoms with van der Waals surface area (Å²) < 4.78 is 37.7. The highest BCUT2D eigenvalue weighted by atomic mass is 32.2. The highest BCUT2D eigenvalue weighted by Crippen LogP contribution is 2.39. The van der Waals surface area contributed by atoms with E-state index in [4.69, 9.17) is 0 Å². The second-order valence-corrected chi connectivity index (χ2v) is 9.62. The number of pyridine rings is 1. The van der Waals surface area contributed by atoms with Crippen molar-refractivity contribution in [2.75, 3.05) is 16.8 Å². The standard InChI is InChI=1S/C22H23F3N4O2S/c1-21(2)19(30)29(16-5-7-17(8-6-16)32-22(23,24)25)20(31)28(21)13-15-9-10-26-18(11-15)27-12-14-3-4-14/h5-11,14H,3-4,12-13H2,1-2H3,(H,26,27). The summed E-state index contributed by atoms with van der Waals surface area (Å²) in [6.07, 6.45) is 4.10. The molecule has 2 aromatic rings. The molecular weight excluding hydrogens is 441 g/mol. The van der Waals surface area contributed by atoms with Gasteiger partial charge in [0.15, 0.2) is 0 Å². The number of aromatic nitrogens is 1. The Hall–Kier alpha value is -2.75. The van der Waals surface area contributed by atoms with E-state index in [-0.39, 0.29) is 28.9 Å². The van der Waals surface area contributed by atoms with Gasteiger partial charge in [-0.3, -0.25) is 4.79 Å². The Kier molecular flexibility index (Phi) is 5.83. The number of anilines is 2. The van der Waals surface area contributed by atoms with Crippen molar-refractivity contribution >= 4 is 35.2 Å². The van der Waals surface area contributed by atoms with Crippen LogP contribution in [-0.2, 0) is 11.3 Å². The van der Waals surface area contributed by atoms with Gasteiger partial charge in [0.05, 0.1) is 5.69 Å². The van der Waals surface area contributed by atoms with Crippen LogP contribution in [0.5, 0.6) is 0 Å². The normalized spacial score (nSPS) is 18.4. The summed E-state index contributed by atoms with van der Waals surface area (Å²) in [5.74, 6) is 0.978. The number of imide groups is 1. The number of benzene rings is 1. The molecular formula is C22H23F3N4O2S. The van der Waals surface area contributed by atoms with E-state index in [2.05, 4.69) is 10.3 Å². The Balaban J connectivity index is 1.51. The molecule has 0 unspecified atom stereocenters. The molecule has 4 rings (SSSR count). The predicted molar refractivity (Wildman–Crippen MR) is 116 cm³/mol. The number of nitrogens with zero attached hydrogens (tertiary/aromatic N) is 3. The molecule has 0 radical (unpaired) electrons. The van der Waals surface area contributed by atoms with Crippen molar-refractivity contribution in [2.45, 2.75) is 49.2 Å². The van der Waals surface area contributed by atoms with Gasteiger partial charge in [0.25, 0.3) is 5.91 Å². The van der Waals surface area contributed by atoms with Gasteiger partial charge >= 0.3 is 11.5 Å². The minimum Gasteiger partial charge on any atom is -0.370 e. The minimum absolute atomic E-state index is 0.0144. The van der Waals surface area contributed by atoms with Gasteiger partial charge in [-0.25, -0.2) is 14.7 Å². The van der Waals surface area contributed by atoms with Crippen LogP contribution in [0.1, 0.15) is 32.3 Å². The second kappa shape index (κ2) is 8.31. The number of halogens is 3. The predicted octanol–water partition coefficient (Wildman–Crippen LogP) is 5.26. The Labute approximate surface area is 188 Å². The number of carbonyl (C=O) groups is 2. The van der Waals surface area contributed by atoms with E-state index in [1.165, 1.54) is 42.0 Å². The highest BCUT2D eigenvalue weighted by Gasteiger charge is 2.51. The number of carbonyl (C=O) groups excluding carboxylic acids is 2. The van der Waals surface area contributed by atoms with Crippen molar-refractivity contribution in [3.05, 3.63) is 48.2 Å². The van der Waals surface area contributed by atoms with Gasteiger partial charge in [-0.15, -0.1) is 0 Å². The Morgan fingerprint density at radius 2 is 1.84 bits per heavy atom. The molecule has 1 saturated carbocycles. The van der Waals surface area contributed by atoms with Crippen LogP contribution in [0.15, 0.2) is 47.5 Å². The molecule has 2 fully saturated rings. The average molecular weight is 465 g/mol. The van der Waals surface area contributed by atoms with E-state index in [0.29, 0.717) is 5.92 Å². The molecule has 170 valence electrons. The molecule has 0 atom stereocenters. The Morgan fingerprint density at radius 3 is 2.47 bits per heavy atom. The monoisotopic (exact) mass is 464 g/mol. The SMILES string of the molecule is CC1(C)C(=O)N(c2ccc(SC(F)(F)F)cc2)C(=O)N1Cc1ccnc(NCC2CC2)c1. The second-order valence-electron chi connectivity index (χ2n) is 8.48. The molecule has 6 nitrogen and oxygen atoms in total. The summed E-state index contributed by atoms with van der Waals surface area (Å²) in [6.45, 7) is 4.39. The average Bonchev–Trinajstić information content (AvgIpc) is 3.53. The van der Waals surface area contributed by atoms with Crippen molar-refractivity contribution in [1.29, 1.82) is 0 Å². The molecule has 1 aromatic heterocycles. The molecule has 10 heteroatoms. The first kappa shape index (κ1) is 22.4. The maximum atomic E-state index is 13.2. The van der Waals surface area contributed by atoms with Crippen LogP contribution in [0.4, 0.5) is 29.5 Å². The first-order chi connectivity index (χ1) is 15.0. The summed E-state index contributed by atoms with van der Waals surface area (Å²) in [7, 11) is 0. The van der Waals surface area contributed by atoms with Crippen molar-refractivity contribution < 1.29 is 22.8 Å². The Bertz CT molecular complexity index is 1020. The molecule has 1 aromatic carbocycles. The number of thioether (sulfide) groups is 1. The van der Waals surface area contributed by atoms with E-state index < -0.39 is 23.0 Å². The summed E-state index contributed by atoms with van der Waals surface area (Å²) in [6, 6.07) is 8.37. The van der Waals surface area contributed by atoms with Crippen LogP contribution >= 0.6 is 11.8 Å². The van der Waals surface area contributed by atoms with Gasteiger partial charge in [-0.1, -0.05) is 0 Å². The van der Waals surface area contributed by atoms with Crippen molar-refractivity contribution in [2.24, 2.45) is 5.92 Å². The lowest BCUT2D eigenvalue weighted by Crippen LogP contribution is -2.43. The van der Waals surface area contributed by atoms with Crippen molar-refractivity contribution in [1.82, 2.24) is 9.88 Å². The van der Waals surface area contributed by atoms with Gasteiger partial charge in [-0.05, 0) is 86.3 Å². The fourth-order valence-electron chi connectivity index (χ4n) is 3.55. The van der Waals surface area contributed by atoms with E-state index >= 15 is 0 Å². The molecule has 0 bridgehead atoms. The third-order valence-electron chi connectivity index (χ3n) is 5.59. The van der Waals surface area contributed by atoms with Crippen LogP contribution in [0.3, 0.4) is 0 Å². The molecule has 2 aliphatic rings. The van der Waals surface area contributed by atoms with Crippen LogP contribution in [-0.4, -0.2) is 39.4 Å². The molecule has 32 heavy (non-hydrogen) atoms. The maximum absolute atomic E-state index is 13.2. The fraction of sp³-hybridized carbons (Fsp3) is 0.409. The largest absolute Gasteiger partial charge is 0.446 e. The number of nitrogens with one attached hydrogen (secondary N) is 1. The van der Waals surface area contributed by atoms with Crippen molar-refractivity contribution in [3.8, 4) is 0 Å². The lowest BCUT2D eigenvalue weighted by molar-refractivity contribution is -0.123. The van der Waals surface area contributed by atoms with Crippen molar-refractivity contribution in [3.63, 3.8) is 0 Å². The quantitative estimate of drug-likeness (QED) is 0.447. The van der Waals surface area contributed by atoms with Gasteiger partial charge < -0.3 is 10.2 Å². The van der Waals surface area contributed by atoms with Crippen LogP contribution < -0.4 is 10.2 Å². The topological polar surface area (TPSA) is 65.5 Å². The first-order valence-corrected chi connectivity index (χ1v) is 11.1. The number of urea groups is 1. The molecule has 1 N–H and O–H groups in total. The van der Waals surface area contributed by atoms with E-state index in [0.717, 1.165) is 22.8 Å².